The molecule has 0 saturated heterocycles. The van der Waals surface area contributed by atoms with Crippen LogP contribution in [0.4, 0.5) is 0 Å². The van der Waals surface area contributed by atoms with Crippen molar-refractivity contribution in [1.29, 1.82) is 0 Å². The average molecular weight is 407 g/mol. The number of methoxy groups -OCH3 is 1. The van der Waals surface area contributed by atoms with Crippen LogP contribution in [-0.4, -0.2) is 35.4 Å². The standard InChI is InChI=1S/C23H25N3O4/c1-16-4-6-18(7-5-16)21-12-13-22(27)26(25-21)15-14-24-23(28)17(2)30-20-10-8-19(29-3)9-11-20/h4-13,17H,14-15H2,1-3H3,(H,24,28). The zero-order chi connectivity index (χ0) is 21.5. The molecule has 0 bridgehead atoms. The first-order valence-corrected chi connectivity index (χ1v) is 9.70. The van der Waals surface area contributed by atoms with Gasteiger partial charge in [0, 0.05) is 18.2 Å². The highest BCUT2D eigenvalue weighted by atomic mass is 16.5. The summed E-state index contributed by atoms with van der Waals surface area (Å²) in [6.07, 6.45) is -0.679. The maximum atomic E-state index is 12.3. The smallest absolute Gasteiger partial charge is 0.266 e. The second-order valence-corrected chi connectivity index (χ2v) is 6.87. The maximum Gasteiger partial charge on any atom is 0.266 e. The van der Waals surface area contributed by atoms with E-state index in [1.165, 1.54) is 10.7 Å². The summed E-state index contributed by atoms with van der Waals surface area (Å²) in [6.45, 7) is 4.21. The fourth-order valence-corrected chi connectivity index (χ4v) is 2.83. The Morgan fingerprint density at radius 2 is 1.70 bits per heavy atom. The molecule has 2 aromatic carbocycles. The Morgan fingerprint density at radius 1 is 1.03 bits per heavy atom. The summed E-state index contributed by atoms with van der Waals surface area (Å²) in [7, 11) is 1.59. The lowest BCUT2D eigenvalue weighted by molar-refractivity contribution is -0.127. The third kappa shape index (κ3) is 5.47. The van der Waals surface area contributed by atoms with Crippen molar-refractivity contribution in [3.63, 3.8) is 0 Å². The minimum atomic E-state index is -0.679. The molecule has 7 nitrogen and oxygen atoms in total. The molecule has 3 aromatic rings. The van der Waals surface area contributed by atoms with Crippen LogP contribution in [0.3, 0.4) is 0 Å². The second kappa shape index (κ2) is 9.73. The molecule has 1 N–H and O–H groups in total. The van der Waals surface area contributed by atoms with Gasteiger partial charge in [-0.15, -0.1) is 0 Å². The molecule has 156 valence electrons. The van der Waals surface area contributed by atoms with Crippen molar-refractivity contribution < 1.29 is 14.3 Å². The van der Waals surface area contributed by atoms with Gasteiger partial charge in [0.25, 0.3) is 11.5 Å². The number of hydrogen-bond acceptors (Lipinski definition) is 5. The van der Waals surface area contributed by atoms with Crippen molar-refractivity contribution in [2.24, 2.45) is 0 Å². The molecule has 1 amide bonds. The van der Waals surface area contributed by atoms with E-state index in [-0.39, 0.29) is 24.6 Å². The fourth-order valence-electron chi connectivity index (χ4n) is 2.83. The highest BCUT2D eigenvalue weighted by molar-refractivity contribution is 5.80. The third-order valence-corrected chi connectivity index (χ3v) is 4.58. The number of benzene rings is 2. The van der Waals surface area contributed by atoms with E-state index in [1.54, 1.807) is 44.4 Å². The van der Waals surface area contributed by atoms with Crippen molar-refractivity contribution >= 4 is 5.91 Å². The topological polar surface area (TPSA) is 82.4 Å². The molecule has 30 heavy (non-hydrogen) atoms. The van der Waals surface area contributed by atoms with Crippen LogP contribution < -0.4 is 20.3 Å². The normalized spacial score (nSPS) is 11.6. The summed E-state index contributed by atoms with van der Waals surface area (Å²) in [6, 6.07) is 18.1. The number of ether oxygens (including phenoxy) is 2. The molecule has 0 aliphatic rings. The molecule has 0 aliphatic heterocycles. The first-order chi connectivity index (χ1) is 14.5. The Balaban J connectivity index is 1.56. The summed E-state index contributed by atoms with van der Waals surface area (Å²) < 4.78 is 12.1. The quantitative estimate of drug-likeness (QED) is 0.621. The van der Waals surface area contributed by atoms with Crippen LogP contribution in [0.25, 0.3) is 11.3 Å². The van der Waals surface area contributed by atoms with Gasteiger partial charge in [-0.25, -0.2) is 4.68 Å². The molecule has 0 saturated carbocycles. The van der Waals surface area contributed by atoms with Crippen molar-refractivity contribution in [1.82, 2.24) is 15.1 Å². The summed E-state index contributed by atoms with van der Waals surface area (Å²) >= 11 is 0. The molecule has 0 spiro atoms. The summed E-state index contributed by atoms with van der Waals surface area (Å²) in [5, 5.41) is 7.19. The highest BCUT2D eigenvalue weighted by Crippen LogP contribution is 2.18. The van der Waals surface area contributed by atoms with Gasteiger partial charge in [-0.1, -0.05) is 29.8 Å². The van der Waals surface area contributed by atoms with Gasteiger partial charge in [0.05, 0.1) is 19.3 Å². The Morgan fingerprint density at radius 3 is 2.37 bits per heavy atom. The van der Waals surface area contributed by atoms with Gasteiger partial charge >= 0.3 is 0 Å². The van der Waals surface area contributed by atoms with Crippen molar-refractivity contribution in [2.75, 3.05) is 13.7 Å². The van der Waals surface area contributed by atoms with E-state index in [0.717, 1.165) is 11.1 Å². The van der Waals surface area contributed by atoms with Gasteiger partial charge < -0.3 is 14.8 Å². The minimum absolute atomic E-state index is 0.220. The first kappa shape index (κ1) is 21.1. The van der Waals surface area contributed by atoms with Gasteiger partial charge in [-0.2, -0.15) is 5.10 Å². The third-order valence-electron chi connectivity index (χ3n) is 4.58. The predicted molar refractivity (Wildman–Crippen MR) is 115 cm³/mol. The molecule has 1 heterocycles. The first-order valence-electron chi connectivity index (χ1n) is 9.70. The lowest BCUT2D eigenvalue weighted by atomic mass is 10.1. The lowest BCUT2D eigenvalue weighted by Gasteiger charge is -2.15. The molecular weight excluding hydrogens is 382 g/mol. The Hall–Kier alpha value is -3.61. The minimum Gasteiger partial charge on any atom is -0.497 e. The van der Waals surface area contributed by atoms with E-state index in [2.05, 4.69) is 10.4 Å². The van der Waals surface area contributed by atoms with Crippen molar-refractivity contribution in [3.8, 4) is 22.8 Å². The maximum absolute atomic E-state index is 12.3. The number of carbonyl (C=O) groups excluding carboxylic acids is 1. The Bertz CT molecular complexity index is 1040. The average Bonchev–Trinajstić information content (AvgIpc) is 2.76. The van der Waals surface area contributed by atoms with Crippen LogP contribution in [0.15, 0.2) is 65.5 Å². The number of nitrogens with zero attached hydrogens (tertiary/aromatic N) is 2. The monoisotopic (exact) mass is 407 g/mol. The fraction of sp³-hybridized carbons (Fsp3) is 0.261. The van der Waals surface area contributed by atoms with Gasteiger partial charge in [-0.3, -0.25) is 9.59 Å². The Kier molecular flexibility index (Phi) is 6.85. The summed E-state index contributed by atoms with van der Waals surface area (Å²) in [5.74, 6) is 1.01. The largest absolute Gasteiger partial charge is 0.497 e. The van der Waals surface area contributed by atoms with Gasteiger partial charge in [0.1, 0.15) is 11.5 Å². The van der Waals surface area contributed by atoms with E-state index in [1.807, 2.05) is 31.2 Å². The lowest BCUT2D eigenvalue weighted by Crippen LogP contribution is -2.39. The second-order valence-electron chi connectivity index (χ2n) is 6.87. The molecule has 0 radical (unpaired) electrons. The van der Waals surface area contributed by atoms with E-state index < -0.39 is 6.10 Å². The zero-order valence-electron chi connectivity index (χ0n) is 17.3. The molecule has 1 aromatic heterocycles. The van der Waals surface area contributed by atoms with Crippen LogP contribution in [0, 0.1) is 6.92 Å². The molecule has 1 atom stereocenters. The predicted octanol–water partition coefficient (Wildman–Crippen LogP) is 2.81. The number of hydrogen-bond donors (Lipinski definition) is 1. The van der Waals surface area contributed by atoms with Gasteiger partial charge in [0.15, 0.2) is 6.10 Å². The van der Waals surface area contributed by atoms with E-state index in [0.29, 0.717) is 17.2 Å². The molecule has 3 rings (SSSR count). The van der Waals surface area contributed by atoms with Crippen LogP contribution >= 0.6 is 0 Å². The van der Waals surface area contributed by atoms with Gasteiger partial charge in [-0.05, 0) is 44.2 Å². The van der Waals surface area contributed by atoms with Crippen LogP contribution in [-0.2, 0) is 11.3 Å². The van der Waals surface area contributed by atoms with Crippen LogP contribution in [0.5, 0.6) is 11.5 Å². The van der Waals surface area contributed by atoms with Crippen LogP contribution in [0.1, 0.15) is 12.5 Å². The number of aryl methyl sites for hydroxylation is 1. The zero-order valence-corrected chi connectivity index (χ0v) is 17.3. The van der Waals surface area contributed by atoms with Gasteiger partial charge in [0.2, 0.25) is 0 Å². The van der Waals surface area contributed by atoms with E-state index >= 15 is 0 Å². The van der Waals surface area contributed by atoms with E-state index in [4.69, 9.17) is 9.47 Å². The number of amides is 1. The molecule has 7 heteroatoms. The van der Waals surface area contributed by atoms with Crippen LogP contribution in [0.2, 0.25) is 0 Å². The number of rotatable bonds is 8. The van der Waals surface area contributed by atoms with Crippen molar-refractivity contribution in [2.45, 2.75) is 26.5 Å². The SMILES string of the molecule is COc1ccc(OC(C)C(=O)NCCn2nc(-c3ccc(C)cc3)ccc2=O)cc1. The molecule has 0 aliphatic carbocycles. The summed E-state index contributed by atoms with van der Waals surface area (Å²) in [4.78, 5) is 24.4. The molecular formula is C23H25N3O4. The molecule has 1 unspecified atom stereocenters. The molecule has 0 fully saturated rings. The number of aromatic nitrogens is 2. The highest BCUT2D eigenvalue weighted by Gasteiger charge is 2.14. The van der Waals surface area contributed by atoms with Crippen molar-refractivity contribution in [3.05, 3.63) is 76.6 Å². The number of nitrogens with one attached hydrogen (secondary N) is 1. The number of carbonyl (C=O) groups is 1. The van der Waals surface area contributed by atoms with E-state index in [9.17, 15) is 9.59 Å². The summed E-state index contributed by atoms with van der Waals surface area (Å²) in [5.41, 5.74) is 2.57. The Labute approximate surface area is 175 Å².